The molecule has 0 aliphatic carbocycles. The minimum Gasteiger partial charge on any atom is -0.496 e. The number of hydrogen-bond donors (Lipinski definition) is 0. The molecule has 2 rings (SSSR count). The molecular weight excluding hydrogens is 242 g/mol. The zero-order chi connectivity index (χ0) is 13.8. The van der Waals surface area contributed by atoms with Crippen LogP contribution in [0.3, 0.4) is 0 Å². The predicted octanol–water partition coefficient (Wildman–Crippen LogP) is 2.02. The Balaban J connectivity index is 2.22. The number of urea groups is 1. The van der Waals surface area contributed by atoms with E-state index < -0.39 is 0 Å². The number of ether oxygens (including phenoxy) is 1. The molecule has 0 radical (unpaired) electrons. The van der Waals surface area contributed by atoms with Crippen molar-refractivity contribution in [2.45, 2.75) is 12.5 Å². The highest BCUT2D eigenvalue weighted by Crippen LogP contribution is 2.33. The summed E-state index contributed by atoms with van der Waals surface area (Å²) in [7, 11) is 3.41. The second kappa shape index (κ2) is 5.61. The second-order valence-electron chi connectivity index (χ2n) is 4.51. The lowest BCUT2D eigenvalue weighted by Gasteiger charge is -2.20. The number of likely N-dealkylation sites (N-methyl/N-ethyl adjacent to an activating group) is 1. The van der Waals surface area contributed by atoms with Crippen molar-refractivity contribution in [1.29, 1.82) is 5.26 Å². The van der Waals surface area contributed by atoms with E-state index in [0.29, 0.717) is 19.5 Å². The minimum absolute atomic E-state index is 0.0256. The topological polar surface area (TPSA) is 56.6 Å². The maximum Gasteiger partial charge on any atom is 0.320 e. The van der Waals surface area contributed by atoms with Gasteiger partial charge in [-0.2, -0.15) is 5.26 Å². The average molecular weight is 259 g/mol. The quantitative estimate of drug-likeness (QED) is 0.831. The molecular formula is C14H17N3O2. The van der Waals surface area contributed by atoms with E-state index in [1.807, 2.05) is 24.3 Å². The first kappa shape index (κ1) is 13.2. The number of benzene rings is 1. The third-order valence-corrected chi connectivity index (χ3v) is 3.42. The number of rotatable bonds is 4. The van der Waals surface area contributed by atoms with Gasteiger partial charge >= 0.3 is 6.03 Å². The molecule has 0 spiro atoms. The number of amides is 2. The first-order chi connectivity index (χ1) is 9.19. The molecule has 1 unspecified atom stereocenters. The lowest BCUT2D eigenvalue weighted by Crippen LogP contribution is -2.30. The predicted molar refractivity (Wildman–Crippen MR) is 70.7 cm³/mol. The van der Waals surface area contributed by atoms with Crippen molar-refractivity contribution < 1.29 is 9.53 Å². The Bertz CT molecular complexity index is 510. The summed E-state index contributed by atoms with van der Waals surface area (Å²) >= 11 is 0. The fourth-order valence-electron chi connectivity index (χ4n) is 2.39. The minimum atomic E-state index is -0.0360. The van der Waals surface area contributed by atoms with Crippen LogP contribution in [0.4, 0.5) is 4.79 Å². The van der Waals surface area contributed by atoms with Crippen LogP contribution in [0, 0.1) is 11.3 Å². The molecule has 5 nitrogen and oxygen atoms in total. The molecule has 0 N–H and O–H groups in total. The summed E-state index contributed by atoms with van der Waals surface area (Å²) in [6, 6.07) is 9.72. The van der Waals surface area contributed by atoms with E-state index in [1.54, 1.807) is 24.0 Å². The van der Waals surface area contributed by atoms with Crippen molar-refractivity contribution in [3.63, 3.8) is 0 Å². The van der Waals surface area contributed by atoms with Crippen LogP contribution in [0.25, 0.3) is 0 Å². The zero-order valence-electron chi connectivity index (χ0n) is 11.2. The summed E-state index contributed by atoms with van der Waals surface area (Å²) in [5.74, 6) is 0.786. The van der Waals surface area contributed by atoms with E-state index in [-0.39, 0.29) is 12.1 Å². The van der Waals surface area contributed by atoms with Crippen molar-refractivity contribution in [3.05, 3.63) is 29.8 Å². The van der Waals surface area contributed by atoms with Crippen LogP contribution in [0.15, 0.2) is 24.3 Å². The lowest BCUT2D eigenvalue weighted by molar-refractivity contribution is 0.196. The molecule has 1 aliphatic rings. The molecule has 100 valence electrons. The van der Waals surface area contributed by atoms with Gasteiger partial charge in [0, 0.05) is 25.7 Å². The molecule has 0 saturated carbocycles. The van der Waals surface area contributed by atoms with Gasteiger partial charge in [0.2, 0.25) is 0 Å². The number of carbonyl (C=O) groups excluding carboxylic acids is 1. The van der Waals surface area contributed by atoms with E-state index >= 15 is 0 Å². The first-order valence-corrected chi connectivity index (χ1v) is 6.20. The van der Waals surface area contributed by atoms with Crippen LogP contribution in [0.5, 0.6) is 5.75 Å². The standard InChI is InChI=1S/C14H17N3O2/c1-16-12(10-17(14(16)18)9-5-8-15)11-6-3-4-7-13(11)19-2/h3-4,6-7,12H,5,9-10H2,1-2H3. The number of nitriles is 1. The van der Waals surface area contributed by atoms with Gasteiger partial charge < -0.3 is 14.5 Å². The molecule has 1 aliphatic heterocycles. The van der Waals surface area contributed by atoms with Crippen molar-refractivity contribution in [2.75, 3.05) is 27.2 Å². The normalized spacial score (nSPS) is 18.6. The van der Waals surface area contributed by atoms with Gasteiger partial charge in [0.05, 0.1) is 25.6 Å². The van der Waals surface area contributed by atoms with Crippen LogP contribution < -0.4 is 4.74 Å². The fourth-order valence-corrected chi connectivity index (χ4v) is 2.39. The Morgan fingerprint density at radius 1 is 1.47 bits per heavy atom. The number of para-hydroxylation sites is 1. The Labute approximate surface area is 113 Å². The number of methoxy groups -OCH3 is 1. The first-order valence-electron chi connectivity index (χ1n) is 6.20. The van der Waals surface area contributed by atoms with Crippen LogP contribution in [0.2, 0.25) is 0 Å². The van der Waals surface area contributed by atoms with Gasteiger partial charge in [0.1, 0.15) is 5.75 Å². The van der Waals surface area contributed by atoms with E-state index in [4.69, 9.17) is 10.00 Å². The number of hydrogen-bond acceptors (Lipinski definition) is 3. The van der Waals surface area contributed by atoms with Gasteiger partial charge in [0.15, 0.2) is 0 Å². The van der Waals surface area contributed by atoms with Crippen LogP contribution >= 0.6 is 0 Å². The summed E-state index contributed by atoms with van der Waals surface area (Å²) in [6.45, 7) is 1.07. The third-order valence-electron chi connectivity index (χ3n) is 3.42. The summed E-state index contributed by atoms with van der Waals surface area (Å²) in [5.41, 5.74) is 1.00. The van der Waals surface area contributed by atoms with E-state index in [9.17, 15) is 4.79 Å². The second-order valence-corrected chi connectivity index (χ2v) is 4.51. The molecule has 5 heteroatoms. The van der Waals surface area contributed by atoms with Gasteiger partial charge in [-0.1, -0.05) is 18.2 Å². The fraction of sp³-hybridized carbons (Fsp3) is 0.429. The van der Waals surface area contributed by atoms with Crippen LogP contribution in [-0.4, -0.2) is 43.1 Å². The molecule has 1 saturated heterocycles. The van der Waals surface area contributed by atoms with Gasteiger partial charge in [-0.3, -0.25) is 0 Å². The van der Waals surface area contributed by atoms with Gasteiger partial charge in [-0.15, -0.1) is 0 Å². The molecule has 1 aromatic carbocycles. The zero-order valence-corrected chi connectivity index (χ0v) is 11.2. The summed E-state index contributed by atoms with van der Waals surface area (Å²) in [5, 5.41) is 8.62. The highest BCUT2D eigenvalue weighted by molar-refractivity contribution is 5.77. The Kier molecular flexibility index (Phi) is 3.91. The molecule has 1 heterocycles. The maximum absolute atomic E-state index is 12.1. The van der Waals surface area contributed by atoms with Gasteiger partial charge in [-0.25, -0.2) is 4.79 Å². The van der Waals surface area contributed by atoms with Gasteiger partial charge in [-0.05, 0) is 6.07 Å². The van der Waals surface area contributed by atoms with E-state index in [2.05, 4.69) is 6.07 Å². The average Bonchev–Trinajstić information content (AvgIpc) is 2.73. The maximum atomic E-state index is 12.1. The molecule has 0 aromatic heterocycles. The third kappa shape index (κ3) is 2.48. The van der Waals surface area contributed by atoms with Gasteiger partial charge in [0.25, 0.3) is 0 Å². The van der Waals surface area contributed by atoms with Crippen molar-refractivity contribution in [3.8, 4) is 11.8 Å². The van der Waals surface area contributed by atoms with Crippen LogP contribution in [0.1, 0.15) is 18.0 Å². The monoisotopic (exact) mass is 259 g/mol. The summed E-state index contributed by atoms with van der Waals surface area (Å²) in [6.07, 6.45) is 0.359. The van der Waals surface area contributed by atoms with Crippen LogP contribution in [-0.2, 0) is 0 Å². The van der Waals surface area contributed by atoms with Crippen molar-refractivity contribution >= 4 is 6.03 Å². The highest BCUT2D eigenvalue weighted by atomic mass is 16.5. The molecule has 1 fully saturated rings. The van der Waals surface area contributed by atoms with Crippen molar-refractivity contribution in [2.24, 2.45) is 0 Å². The highest BCUT2D eigenvalue weighted by Gasteiger charge is 2.36. The lowest BCUT2D eigenvalue weighted by atomic mass is 10.1. The molecule has 19 heavy (non-hydrogen) atoms. The Morgan fingerprint density at radius 2 is 2.21 bits per heavy atom. The Morgan fingerprint density at radius 3 is 2.89 bits per heavy atom. The largest absolute Gasteiger partial charge is 0.496 e. The molecule has 2 amide bonds. The smallest absolute Gasteiger partial charge is 0.320 e. The SMILES string of the molecule is COc1ccccc1C1CN(CCC#N)C(=O)N1C. The van der Waals surface area contributed by atoms with Crippen molar-refractivity contribution in [1.82, 2.24) is 9.80 Å². The molecule has 0 bridgehead atoms. The summed E-state index contributed by atoms with van der Waals surface area (Å²) in [4.78, 5) is 15.5. The number of carbonyl (C=O) groups is 1. The molecule has 1 aromatic rings. The van der Waals surface area contributed by atoms with E-state index in [0.717, 1.165) is 11.3 Å². The Hall–Kier alpha value is -2.22. The van der Waals surface area contributed by atoms with E-state index in [1.165, 1.54) is 0 Å². The number of nitrogens with zero attached hydrogens (tertiary/aromatic N) is 3. The molecule has 1 atom stereocenters. The summed E-state index contributed by atoms with van der Waals surface area (Å²) < 4.78 is 5.35.